The summed E-state index contributed by atoms with van der Waals surface area (Å²) in [5.74, 6) is 0.385. The molecule has 1 aliphatic rings. The molecule has 2 aromatic heterocycles. The van der Waals surface area contributed by atoms with Crippen molar-refractivity contribution >= 4 is 17.0 Å². The monoisotopic (exact) mass is 387 g/mol. The summed E-state index contributed by atoms with van der Waals surface area (Å²) >= 11 is 0. The minimum Gasteiger partial charge on any atom is -0.444 e. The summed E-state index contributed by atoms with van der Waals surface area (Å²) in [7, 11) is 0. The van der Waals surface area contributed by atoms with Crippen LogP contribution in [0.1, 0.15) is 45.4 Å². The second-order valence-corrected chi connectivity index (χ2v) is 7.98. The molecule has 148 valence electrons. The first-order chi connectivity index (χ1) is 13.3. The van der Waals surface area contributed by atoms with E-state index in [0.29, 0.717) is 41.3 Å². The number of hydrogen-bond acceptors (Lipinski definition) is 6. The Hall–Kier alpha value is -2.97. The van der Waals surface area contributed by atoms with Crippen LogP contribution in [0, 0.1) is 5.82 Å². The van der Waals surface area contributed by atoms with Crippen molar-refractivity contribution in [3.8, 4) is 11.4 Å². The van der Waals surface area contributed by atoms with Gasteiger partial charge < -0.3 is 14.2 Å². The molecule has 1 amide bonds. The van der Waals surface area contributed by atoms with Crippen molar-refractivity contribution in [2.24, 2.45) is 0 Å². The van der Waals surface area contributed by atoms with E-state index >= 15 is 0 Å². The highest BCUT2D eigenvalue weighted by Crippen LogP contribution is 2.31. The highest BCUT2D eigenvalue weighted by atomic mass is 19.1. The quantitative estimate of drug-likeness (QED) is 0.717. The average Bonchev–Trinajstić information content (AvgIpc) is 3.31. The van der Waals surface area contributed by atoms with Gasteiger partial charge >= 0.3 is 6.09 Å². The fraction of sp³-hybridized carbons (Fsp3) is 0.474. The summed E-state index contributed by atoms with van der Waals surface area (Å²) in [4.78, 5) is 18.5. The van der Waals surface area contributed by atoms with Crippen molar-refractivity contribution in [1.29, 1.82) is 0 Å². The molecule has 28 heavy (non-hydrogen) atoms. The van der Waals surface area contributed by atoms with Gasteiger partial charge in [0.25, 0.3) is 0 Å². The first kappa shape index (κ1) is 18.4. The number of carbonyl (C=O) groups excluding carboxylic acids is 1. The predicted octanol–water partition coefficient (Wildman–Crippen LogP) is 3.87. The van der Waals surface area contributed by atoms with E-state index in [2.05, 4.69) is 20.3 Å². The number of nitrogens with one attached hydrogen (secondary N) is 1. The van der Waals surface area contributed by atoms with E-state index in [1.807, 2.05) is 20.8 Å². The normalized spacial score (nSPS) is 17.9. The molecule has 1 saturated heterocycles. The van der Waals surface area contributed by atoms with Crippen molar-refractivity contribution in [3.05, 3.63) is 30.0 Å². The van der Waals surface area contributed by atoms with E-state index in [4.69, 9.17) is 9.26 Å². The Morgan fingerprint density at radius 2 is 2.21 bits per heavy atom. The maximum absolute atomic E-state index is 13.9. The second-order valence-electron chi connectivity index (χ2n) is 7.98. The van der Waals surface area contributed by atoms with Crippen LogP contribution in [-0.2, 0) is 4.74 Å². The molecule has 1 fully saturated rings. The van der Waals surface area contributed by atoms with E-state index in [0.717, 1.165) is 12.8 Å². The smallest absolute Gasteiger partial charge is 0.410 e. The van der Waals surface area contributed by atoms with Crippen LogP contribution in [0.25, 0.3) is 22.3 Å². The van der Waals surface area contributed by atoms with Crippen LogP contribution in [0.3, 0.4) is 0 Å². The Balaban J connectivity index is 1.55. The van der Waals surface area contributed by atoms with Gasteiger partial charge in [0.1, 0.15) is 11.4 Å². The van der Waals surface area contributed by atoms with E-state index in [9.17, 15) is 9.18 Å². The van der Waals surface area contributed by atoms with Crippen molar-refractivity contribution in [1.82, 2.24) is 25.2 Å². The lowest BCUT2D eigenvalue weighted by atomic mass is 9.98. The van der Waals surface area contributed by atoms with Crippen LogP contribution in [0.5, 0.6) is 0 Å². The Morgan fingerprint density at radius 1 is 1.39 bits per heavy atom. The van der Waals surface area contributed by atoms with Crippen molar-refractivity contribution in [3.63, 3.8) is 0 Å². The number of carbonyl (C=O) groups is 1. The Kier molecular flexibility index (Phi) is 4.52. The van der Waals surface area contributed by atoms with Gasteiger partial charge in [-0.15, -0.1) is 0 Å². The fourth-order valence-electron chi connectivity index (χ4n) is 3.37. The lowest BCUT2D eigenvalue weighted by Gasteiger charge is -2.32. The molecule has 0 aliphatic carbocycles. The van der Waals surface area contributed by atoms with Gasteiger partial charge in [0, 0.05) is 18.7 Å². The summed E-state index contributed by atoms with van der Waals surface area (Å²) in [5, 5.41) is 11.1. The molecule has 0 saturated carbocycles. The molecule has 9 heteroatoms. The zero-order valence-corrected chi connectivity index (χ0v) is 16.0. The number of hydrogen-bond donors (Lipinski definition) is 1. The largest absolute Gasteiger partial charge is 0.444 e. The van der Waals surface area contributed by atoms with E-state index in [1.54, 1.807) is 11.0 Å². The maximum Gasteiger partial charge on any atom is 0.410 e. The van der Waals surface area contributed by atoms with Crippen LogP contribution in [-0.4, -0.2) is 50.0 Å². The molecule has 3 aromatic rings. The molecule has 0 bridgehead atoms. The molecule has 1 N–H and O–H groups in total. The molecule has 1 aromatic carbocycles. The average molecular weight is 387 g/mol. The summed E-state index contributed by atoms with van der Waals surface area (Å²) < 4.78 is 24.8. The van der Waals surface area contributed by atoms with Gasteiger partial charge in [-0.2, -0.15) is 10.1 Å². The lowest BCUT2D eigenvalue weighted by Crippen LogP contribution is -2.42. The number of aromatic nitrogens is 4. The zero-order chi connectivity index (χ0) is 19.9. The predicted molar refractivity (Wildman–Crippen MR) is 99.1 cm³/mol. The third-order valence-electron chi connectivity index (χ3n) is 4.67. The molecule has 1 unspecified atom stereocenters. The van der Waals surface area contributed by atoms with Crippen LogP contribution in [0.15, 0.2) is 22.9 Å². The van der Waals surface area contributed by atoms with Crippen LogP contribution in [0.4, 0.5) is 9.18 Å². The first-order valence-corrected chi connectivity index (χ1v) is 9.25. The topological polar surface area (TPSA) is 97.1 Å². The van der Waals surface area contributed by atoms with Gasteiger partial charge in [0.2, 0.25) is 11.7 Å². The zero-order valence-electron chi connectivity index (χ0n) is 16.0. The maximum atomic E-state index is 13.9. The molecular formula is C19H22FN5O3. The number of aromatic amines is 1. The Bertz CT molecular complexity index is 1010. The van der Waals surface area contributed by atoms with E-state index < -0.39 is 5.60 Å². The number of halogens is 1. The van der Waals surface area contributed by atoms with Gasteiger partial charge in [0.05, 0.1) is 23.0 Å². The SMILES string of the molecule is CC(C)(C)OC(=O)N1CCCC(c2nc(-c3ccc(F)c4cn[nH]c34)no2)C1. The number of piperidine rings is 1. The van der Waals surface area contributed by atoms with Crippen LogP contribution >= 0.6 is 0 Å². The minimum absolute atomic E-state index is 0.0692. The van der Waals surface area contributed by atoms with Gasteiger partial charge in [-0.05, 0) is 45.7 Å². The number of rotatable bonds is 2. The van der Waals surface area contributed by atoms with E-state index in [1.165, 1.54) is 12.3 Å². The third kappa shape index (κ3) is 3.56. The molecule has 0 spiro atoms. The number of amides is 1. The summed E-state index contributed by atoms with van der Waals surface area (Å²) in [6.45, 7) is 6.62. The summed E-state index contributed by atoms with van der Waals surface area (Å²) in [6, 6.07) is 2.95. The van der Waals surface area contributed by atoms with Gasteiger partial charge in [-0.25, -0.2) is 9.18 Å². The molecule has 1 atom stereocenters. The van der Waals surface area contributed by atoms with E-state index in [-0.39, 0.29) is 17.8 Å². The summed E-state index contributed by atoms with van der Waals surface area (Å²) in [6.07, 6.45) is 2.75. The number of nitrogens with zero attached hydrogens (tertiary/aromatic N) is 4. The van der Waals surface area contributed by atoms with Crippen molar-refractivity contribution in [2.45, 2.75) is 45.1 Å². The van der Waals surface area contributed by atoms with Gasteiger partial charge in [-0.3, -0.25) is 5.10 Å². The van der Waals surface area contributed by atoms with Crippen molar-refractivity contribution < 1.29 is 18.4 Å². The Labute approximate surface area is 161 Å². The second kappa shape index (κ2) is 6.88. The van der Waals surface area contributed by atoms with Crippen LogP contribution in [0.2, 0.25) is 0 Å². The summed E-state index contributed by atoms with van der Waals surface area (Å²) in [5.41, 5.74) is 0.592. The number of benzene rings is 1. The molecule has 3 heterocycles. The lowest BCUT2D eigenvalue weighted by molar-refractivity contribution is 0.0189. The molecule has 8 nitrogen and oxygen atoms in total. The van der Waals surface area contributed by atoms with Gasteiger partial charge in [-0.1, -0.05) is 5.16 Å². The number of ether oxygens (including phenoxy) is 1. The Morgan fingerprint density at radius 3 is 3.00 bits per heavy atom. The number of likely N-dealkylation sites (tertiary alicyclic amines) is 1. The standard InChI is InChI=1S/C19H22FN5O3/c1-19(2,3)27-18(26)25-8-4-5-11(10-25)17-22-16(24-28-17)12-6-7-14(20)13-9-21-23-15(12)13/h6-7,9,11H,4-5,8,10H2,1-3H3,(H,21,23). The molecule has 1 aliphatic heterocycles. The number of fused-ring (bicyclic) bond motifs is 1. The van der Waals surface area contributed by atoms with Gasteiger partial charge in [0.15, 0.2) is 0 Å². The molecule has 4 rings (SSSR count). The minimum atomic E-state index is -0.542. The fourth-order valence-corrected chi connectivity index (χ4v) is 3.37. The third-order valence-corrected chi connectivity index (χ3v) is 4.67. The first-order valence-electron chi connectivity index (χ1n) is 9.25. The van der Waals surface area contributed by atoms with Crippen molar-refractivity contribution in [2.75, 3.05) is 13.1 Å². The van der Waals surface area contributed by atoms with Crippen LogP contribution < -0.4 is 0 Å². The highest BCUT2D eigenvalue weighted by molar-refractivity contribution is 5.91. The molecular weight excluding hydrogens is 365 g/mol. The molecule has 0 radical (unpaired) electrons. The number of H-pyrrole nitrogens is 1. The highest BCUT2D eigenvalue weighted by Gasteiger charge is 2.31.